The summed E-state index contributed by atoms with van der Waals surface area (Å²) in [5.74, 6) is 1.81. The first-order valence-corrected chi connectivity index (χ1v) is 8.03. The van der Waals surface area contributed by atoms with Crippen molar-refractivity contribution in [2.24, 2.45) is 17.6 Å². The molecule has 102 valence electrons. The molecule has 0 bridgehead atoms. The van der Waals surface area contributed by atoms with Gasteiger partial charge in [-0.25, -0.2) is 0 Å². The van der Waals surface area contributed by atoms with E-state index < -0.39 is 0 Å². The number of unbranched alkanes of at least 4 members (excludes halogenated alkanes) is 4. The van der Waals surface area contributed by atoms with Gasteiger partial charge in [-0.2, -0.15) is 0 Å². The highest BCUT2D eigenvalue weighted by Crippen LogP contribution is 2.33. The van der Waals surface area contributed by atoms with Crippen molar-refractivity contribution in [2.75, 3.05) is 0 Å². The second-order valence-electron chi connectivity index (χ2n) is 6.07. The van der Waals surface area contributed by atoms with Gasteiger partial charge in [0.25, 0.3) is 0 Å². The fourth-order valence-corrected chi connectivity index (χ4v) is 3.31. The van der Waals surface area contributed by atoms with Gasteiger partial charge in [0.05, 0.1) is 0 Å². The smallest absolute Gasteiger partial charge is 0.00672 e. The molecule has 1 rings (SSSR count). The zero-order valence-corrected chi connectivity index (χ0v) is 12.1. The minimum absolute atomic E-state index is 0.492. The lowest BCUT2D eigenvalue weighted by Crippen LogP contribution is -2.33. The van der Waals surface area contributed by atoms with E-state index in [0.29, 0.717) is 6.04 Å². The van der Waals surface area contributed by atoms with Crippen molar-refractivity contribution < 1.29 is 0 Å². The normalized spacial score (nSPS) is 27.0. The molecule has 0 spiro atoms. The molecule has 1 aliphatic rings. The summed E-state index contributed by atoms with van der Waals surface area (Å²) < 4.78 is 0. The van der Waals surface area contributed by atoms with Gasteiger partial charge < -0.3 is 5.73 Å². The Kier molecular flexibility index (Phi) is 7.92. The van der Waals surface area contributed by atoms with E-state index in [-0.39, 0.29) is 0 Å². The summed E-state index contributed by atoms with van der Waals surface area (Å²) in [6.45, 7) is 4.61. The van der Waals surface area contributed by atoms with Gasteiger partial charge in [0.2, 0.25) is 0 Å². The van der Waals surface area contributed by atoms with E-state index in [1.807, 2.05) is 0 Å². The molecule has 1 nitrogen and oxygen atoms in total. The summed E-state index contributed by atoms with van der Waals surface area (Å²) in [6.07, 6.45) is 15.2. The van der Waals surface area contributed by atoms with Gasteiger partial charge in [0.15, 0.2) is 0 Å². The molecule has 3 unspecified atom stereocenters. The molecule has 0 amide bonds. The first-order valence-electron chi connectivity index (χ1n) is 8.03. The fraction of sp³-hybridized carbons (Fsp3) is 1.00. The van der Waals surface area contributed by atoms with Gasteiger partial charge in [-0.15, -0.1) is 0 Å². The third-order valence-corrected chi connectivity index (χ3v) is 4.65. The lowest BCUT2D eigenvalue weighted by atomic mass is 9.76. The van der Waals surface area contributed by atoms with Crippen molar-refractivity contribution in [3.05, 3.63) is 0 Å². The highest BCUT2D eigenvalue weighted by Gasteiger charge is 2.24. The Balaban J connectivity index is 2.11. The van der Waals surface area contributed by atoms with Gasteiger partial charge in [-0.05, 0) is 31.1 Å². The van der Waals surface area contributed by atoms with Crippen LogP contribution in [0.4, 0.5) is 0 Å². The van der Waals surface area contributed by atoms with E-state index in [1.54, 1.807) is 0 Å². The van der Waals surface area contributed by atoms with Crippen LogP contribution in [0.1, 0.15) is 84.5 Å². The summed E-state index contributed by atoms with van der Waals surface area (Å²) in [4.78, 5) is 0. The first kappa shape index (κ1) is 15.0. The van der Waals surface area contributed by atoms with Crippen LogP contribution >= 0.6 is 0 Å². The van der Waals surface area contributed by atoms with Gasteiger partial charge in [-0.1, -0.05) is 65.2 Å². The quantitative estimate of drug-likeness (QED) is 0.600. The maximum atomic E-state index is 6.38. The zero-order valence-electron chi connectivity index (χ0n) is 12.1. The average molecular weight is 239 g/mol. The van der Waals surface area contributed by atoms with Crippen molar-refractivity contribution in [1.29, 1.82) is 0 Å². The van der Waals surface area contributed by atoms with Gasteiger partial charge in [-0.3, -0.25) is 0 Å². The molecule has 1 saturated carbocycles. The van der Waals surface area contributed by atoms with Crippen LogP contribution in [0, 0.1) is 11.8 Å². The van der Waals surface area contributed by atoms with Crippen molar-refractivity contribution in [3.63, 3.8) is 0 Å². The predicted octanol–water partition coefficient (Wildman–Crippen LogP) is 4.89. The van der Waals surface area contributed by atoms with E-state index in [9.17, 15) is 0 Å². The van der Waals surface area contributed by atoms with Crippen LogP contribution in [0.5, 0.6) is 0 Å². The molecule has 0 aromatic heterocycles. The molecule has 1 aliphatic carbocycles. The maximum Gasteiger partial charge on any atom is 0.00672 e. The Labute approximate surface area is 109 Å². The molecule has 0 heterocycles. The summed E-state index contributed by atoms with van der Waals surface area (Å²) in [5.41, 5.74) is 6.38. The van der Waals surface area contributed by atoms with Crippen LogP contribution in [0.25, 0.3) is 0 Å². The minimum Gasteiger partial charge on any atom is -0.327 e. The molecule has 1 heteroatoms. The predicted molar refractivity (Wildman–Crippen MR) is 77.1 cm³/mol. The molecule has 17 heavy (non-hydrogen) atoms. The van der Waals surface area contributed by atoms with Crippen LogP contribution in [0.3, 0.4) is 0 Å². The first-order chi connectivity index (χ1) is 8.27. The van der Waals surface area contributed by atoms with Crippen molar-refractivity contribution in [3.8, 4) is 0 Å². The van der Waals surface area contributed by atoms with E-state index in [0.717, 1.165) is 11.8 Å². The Morgan fingerprint density at radius 2 is 1.82 bits per heavy atom. The Morgan fingerprint density at radius 3 is 2.53 bits per heavy atom. The summed E-state index contributed by atoms with van der Waals surface area (Å²) in [6, 6.07) is 0.492. The fourth-order valence-electron chi connectivity index (χ4n) is 3.31. The van der Waals surface area contributed by atoms with Gasteiger partial charge in [0, 0.05) is 6.04 Å². The number of nitrogens with two attached hydrogens (primary N) is 1. The van der Waals surface area contributed by atoms with Crippen LogP contribution in [-0.2, 0) is 0 Å². The van der Waals surface area contributed by atoms with E-state index in [4.69, 9.17) is 5.73 Å². The largest absolute Gasteiger partial charge is 0.327 e. The minimum atomic E-state index is 0.492. The van der Waals surface area contributed by atoms with Crippen LogP contribution < -0.4 is 5.73 Å². The lowest BCUT2D eigenvalue weighted by Gasteiger charge is -2.32. The van der Waals surface area contributed by atoms with E-state index in [1.165, 1.54) is 70.6 Å². The summed E-state index contributed by atoms with van der Waals surface area (Å²) in [7, 11) is 0. The summed E-state index contributed by atoms with van der Waals surface area (Å²) >= 11 is 0. The number of hydrogen-bond donors (Lipinski definition) is 1. The van der Waals surface area contributed by atoms with Crippen LogP contribution in [0.2, 0.25) is 0 Å². The molecule has 3 atom stereocenters. The second kappa shape index (κ2) is 8.97. The monoisotopic (exact) mass is 239 g/mol. The zero-order chi connectivity index (χ0) is 12.5. The SMILES string of the molecule is CCCCCCCC(N)C1CCCC(CC)C1. The van der Waals surface area contributed by atoms with Crippen LogP contribution in [0.15, 0.2) is 0 Å². The van der Waals surface area contributed by atoms with E-state index >= 15 is 0 Å². The lowest BCUT2D eigenvalue weighted by molar-refractivity contribution is 0.221. The Hall–Kier alpha value is -0.0400. The molecule has 1 fully saturated rings. The maximum absolute atomic E-state index is 6.38. The number of hydrogen-bond acceptors (Lipinski definition) is 1. The van der Waals surface area contributed by atoms with Gasteiger partial charge in [0.1, 0.15) is 0 Å². The van der Waals surface area contributed by atoms with Gasteiger partial charge >= 0.3 is 0 Å². The summed E-state index contributed by atoms with van der Waals surface area (Å²) in [5, 5.41) is 0. The third kappa shape index (κ3) is 5.90. The molecule has 2 N–H and O–H groups in total. The topological polar surface area (TPSA) is 26.0 Å². The second-order valence-corrected chi connectivity index (χ2v) is 6.07. The highest BCUT2D eigenvalue weighted by molar-refractivity contribution is 4.80. The molecular formula is C16H33N. The molecule has 0 radical (unpaired) electrons. The highest BCUT2D eigenvalue weighted by atomic mass is 14.6. The Morgan fingerprint density at radius 1 is 1.06 bits per heavy atom. The van der Waals surface area contributed by atoms with Crippen molar-refractivity contribution in [2.45, 2.75) is 90.5 Å². The third-order valence-electron chi connectivity index (χ3n) is 4.65. The average Bonchev–Trinajstić information content (AvgIpc) is 2.38. The molecular weight excluding hydrogens is 206 g/mol. The number of rotatable bonds is 8. The standard InChI is InChI=1S/C16H33N/c1-3-5-6-7-8-12-16(17)15-11-9-10-14(4-2)13-15/h14-16H,3-13,17H2,1-2H3. The molecule has 0 aromatic carbocycles. The molecule has 0 aromatic rings. The molecule has 0 aliphatic heterocycles. The molecule has 0 saturated heterocycles. The van der Waals surface area contributed by atoms with Crippen molar-refractivity contribution >= 4 is 0 Å². The van der Waals surface area contributed by atoms with Crippen LogP contribution in [-0.4, -0.2) is 6.04 Å². The Bertz CT molecular complexity index is 178. The van der Waals surface area contributed by atoms with E-state index in [2.05, 4.69) is 13.8 Å². The van der Waals surface area contributed by atoms with Crippen molar-refractivity contribution in [1.82, 2.24) is 0 Å².